The highest BCUT2D eigenvalue weighted by atomic mass is 16.4. The summed E-state index contributed by atoms with van der Waals surface area (Å²) in [6, 6.07) is 4.10. The van der Waals surface area contributed by atoms with E-state index < -0.39 is 30.3 Å². The summed E-state index contributed by atoms with van der Waals surface area (Å²) in [4.78, 5) is 19.5. The maximum atomic E-state index is 9.77. The summed E-state index contributed by atoms with van der Waals surface area (Å²) in [5, 5.41) is 59.7. The first-order valence-electron chi connectivity index (χ1n) is 5.83. The molecule has 3 atom stereocenters. The number of nitrogens with two attached hydrogens (primary N) is 1. The molecule has 0 spiro atoms. The molecule has 9 N–H and O–H groups in total. The van der Waals surface area contributed by atoms with E-state index in [1.54, 1.807) is 0 Å². The van der Waals surface area contributed by atoms with Crippen molar-refractivity contribution in [1.82, 2.24) is 0 Å². The lowest BCUT2D eigenvalue weighted by atomic mass is 10.1. The van der Waals surface area contributed by atoms with E-state index in [1.807, 2.05) is 0 Å². The fraction of sp³-hybridized carbons (Fsp3) is 0.333. The second-order valence-electron chi connectivity index (χ2n) is 4.07. The number of aromatic hydroxyl groups is 2. The molecule has 0 saturated carbocycles. The van der Waals surface area contributed by atoms with Crippen LogP contribution in [0.4, 0.5) is 0 Å². The molecule has 0 radical (unpaired) electrons. The number of carboxylic acids is 2. The zero-order valence-corrected chi connectivity index (χ0v) is 11.2. The van der Waals surface area contributed by atoms with Crippen molar-refractivity contribution in [3.63, 3.8) is 0 Å². The van der Waals surface area contributed by atoms with E-state index in [-0.39, 0.29) is 18.0 Å². The van der Waals surface area contributed by atoms with Gasteiger partial charge in [0.2, 0.25) is 0 Å². The Hall–Kier alpha value is -2.40. The van der Waals surface area contributed by atoms with E-state index in [1.165, 1.54) is 18.2 Å². The van der Waals surface area contributed by atoms with Crippen molar-refractivity contribution in [2.24, 2.45) is 5.73 Å². The Balaban J connectivity index is 0.000000409. The maximum Gasteiger partial charge on any atom is 0.335 e. The highest BCUT2D eigenvalue weighted by Gasteiger charge is 2.29. The van der Waals surface area contributed by atoms with Crippen LogP contribution >= 0.6 is 0 Å². The van der Waals surface area contributed by atoms with E-state index in [0.717, 1.165) is 0 Å². The SMILES string of the molecule is NC[C@H](O)c1ccc(O)c(O)c1.O=C(O)[C@@H](O)[C@@H](O)C(=O)O. The molecule has 10 heteroatoms. The van der Waals surface area contributed by atoms with Crippen LogP contribution in [-0.2, 0) is 9.59 Å². The van der Waals surface area contributed by atoms with Gasteiger partial charge in [-0.2, -0.15) is 0 Å². The Morgan fingerprint density at radius 2 is 1.41 bits per heavy atom. The van der Waals surface area contributed by atoms with Gasteiger partial charge in [0, 0.05) is 6.54 Å². The number of aliphatic hydroxyl groups is 3. The third kappa shape index (κ3) is 5.93. The lowest BCUT2D eigenvalue weighted by Gasteiger charge is -2.08. The topological polar surface area (TPSA) is 202 Å². The Bertz CT molecular complexity index is 501. The van der Waals surface area contributed by atoms with Crippen LogP contribution in [0.1, 0.15) is 11.7 Å². The van der Waals surface area contributed by atoms with Crippen molar-refractivity contribution in [2.45, 2.75) is 18.3 Å². The molecule has 0 aliphatic carbocycles. The zero-order valence-electron chi connectivity index (χ0n) is 11.2. The van der Waals surface area contributed by atoms with Crippen LogP contribution in [-0.4, -0.2) is 66.4 Å². The molecule has 1 rings (SSSR count). The third-order valence-electron chi connectivity index (χ3n) is 2.41. The van der Waals surface area contributed by atoms with Gasteiger partial charge in [-0.15, -0.1) is 0 Å². The molecule has 0 aromatic heterocycles. The molecule has 10 nitrogen and oxygen atoms in total. The number of rotatable bonds is 5. The molecular formula is C12H17NO9. The van der Waals surface area contributed by atoms with Crippen LogP contribution in [0.15, 0.2) is 18.2 Å². The molecule has 0 amide bonds. The van der Waals surface area contributed by atoms with Crippen LogP contribution in [0.3, 0.4) is 0 Å². The van der Waals surface area contributed by atoms with Gasteiger partial charge in [0.05, 0.1) is 6.10 Å². The first-order chi connectivity index (χ1) is 10.1. The minimum absolute atomic E-state index is 0.0875. The van der Waals surface area contributed by atoms with Gasteiger partial charge in [-0.3, -0.25) is 0 Å². The predicted molar refractivity (Wildman–Crippen MR) is 71.1 cm³/mol. The number of hydrogen-bond acceptors (Lipinski definition) is 8. The van der Waals surface area contributed by atoms with Crippen molar-refractivity contribution in [1.29, 1.82) is 0 Å². The first kappa shape index (κ1) is 19.6. The number of aliphatic hydroxyl groups excluding tert-OH is 3. The molecule has 1 aromatic carbocycles. The largest absolute Gasteiger partial charge is 0.504 e. The van der Waals surface area contributed by atoms with Crippen molar-refractivity contribution >= 4 is 11.9 Å². The van der Waals surface area contributed by atoms with Crippen LogP contribution in [0.5, 0.6) is 11.5 Å². The smallest absolute Gasteiger partial charge is 0.335 e. The summed E-state index contributed by atoms with van der Waals surface area (Å²) in [7, 11) is 0. The summed E-state index contributed by atoms with van der Waals surface area (Å²) in [5.74, 6) is -3.99. The van der Waals surface area contributed by atoms with Crippen LogP contribution < -0.4 is 5.73 Å². The predicted octanol–water partition coefficient (Wildman–Crippen LogP) is -2.03. The minimum Gasteiger partial charge on any atom is -0.504 e. The van der Waals surface area contributed by atoms with Crippen LogP contribution in [0, 0.1) is 0 Å². The van der Waals surface area contributed by atoms with Gasteiger partial charge in [-0.05, 0) is 17.7 Å². The number of carbonyl (C=O) groups is 2. The molecule has 0 aliphatic heterocycles. The van der Waals surface area contributed by atoms with E-state index >= 15 is 0 Å². The second kappa shape index (κ2) is 8.79. The fourth-order valence-corrected chi connectivity index (χ4v) is 1.15. The lowest BCUT2D eigenvalue weighted by Crippen LogP contribution is -2.39. The standard InChI is InChI=1S/C8H11NO3.C4H6O6/c9-4-8(12)5-1-2-6(10)7(11)3-5;5-1(3(7)8)2(6)4(9)10/h1-3,8,10-12H,4,9H2;1-2,5-6H,(H,7,8)(H,9,10)/t8-;1-,2+/m0./s1. The first-order valence-corrected chi connectivity index (χ1v) is 5.83. The van der Waals surface area contributed by atoms with Gasteiger partial charge < -0.3 is 41.5 Å². The summed E-state index contributed by atoms with van der Waals surface area (Å²) in [6.07, 6.45) is -5.33. The van der Waals surface area contributed by atoms with Gasteiger partial charge in [0.15, 0.2) is 23.7 Å². The average molecular weight is 319 g/mol. The molecule has 1 aromatic rings. The lowest BCUT2D eigenvalue weighted by molar-refractivity contribution is -0.165. The van der Waals surface area contributed by atoms with E-state index in [2.05, 4.69) is 0 Å². The number of phenols is 2. The van der Waals surface area contributed by atoms with Crippen molar-refractivity contribution < 1.29 is 45.3 Å². The molecule has 0 heterocycles. The van der Waals surface area contributed by atoms with Crippen LogP contribution in [0.25, 0.3) is 0 Å². The average Bonchev–Trinajstić information content (AvgIpc) is 2.48. The number of carboxylic acid groups (broad SMARTS) is 2. The monoisotopic (exact) mass is 319 g/mol. The van der Waals surface area contributed by atoms with Gasteiger partial charge in [0.25, 0.3) is 0 Å². The summed E-state index contributed by atoms with van der Waals surface area (Å²) < 4.78 is 0. The van der Waals surface area contributed by atoms with Gasteiger partial charge in [-0.1, -0.05) is 6.07 Å². The summed E-state index contributed by atoms with van der Waals surface area (Å²) >= 11 is 0. The number of phenolic OH excluding ortho intramolecular Hbond substituents is 2. The highest BCUT2D eigenvalue weighted by Crippen LogP contribution is 2.27. The molecular weight excluding hydrogens is 302 g/mol. The van der Waals surface area contributed by atoms with Crippen LogP contribution in [0.2, 0.25) is 0 Å². The second-order valence-corrected chi connectivity index (χ2v) is 4.07. The van der Waals surface area contributed by atoms with E-state index in [0.29, 0.717) is 5.56 Å². The molecule has 0 aliphatic rings. The summed E-state index contributed by atoms with van der Waals surface area (Å²) in [6.45, 7) is 0.0875. The van der Waals surface area contributed by atoms with Crippen molar-refractivity contribution in [3.8, 4) is 11.5 Å². The third-order valence-corrected chi connectivity index (χ3v) is 2.41. The van der Waals surface area contributed by atoms with E-state index in [4.69, 9.17) is 36.4 Å². The molecule has 0 saturated heterocycles. The maximum absolute atomic E-state index is 9.77. The Morgan fingerprint density at radius 3 is 1.73 bits per heavy atom. The summed E-state index contributed by atoms with van der Waals surface area (Å²) in [5.41, 5.74) is 5.69. The number of benzene rings is 1. The number of aliphatic carboxylic acids is 2. The number of hydrogen-bond donors (Lipinski definition) is 8. The quantitative estimate of drug-likeness (QED) is 0.279. The normalized spacial score (nSPS) is 14.2. The van der Waals surface area contributed by atoms with Gasteiger partial charge >= 0.3 is 11.9 Å². The minimum atomic E-state index is -2.27. The molecule has 124 valence electrons. The Morgan fingerprint density at radius 1 is 0.955 bits per heavy atom. The highest BCUT2D eigenvalue weighted by molar-refractivity contribution is 5.83. The van der Waals surface area contributed by atoms with Crippen molar-refractivity contribution in [2.75, 3.05) is 6.54 Å². The zero-order chi connectivity index (χ0) is 17.4. The molecule has 0 bridgehead atoms. The Kier molecular flexibility index (Phi) is 7.83. The van der Waals surface area contributed by atoms with Crippen molar-refractivity contribution in [3.05, 3.63) is 23.8 Å². The molecule has 22 heavy (non-hydrogen) atoms. The molecule has 0 fully saturated rings. The van der Waals surface area contributed by atoms with Gasteiger partial charge in [0.1, 0.15) is 0 Å². The van der Waals surface area contributed by atoms with Gasteiger partial charge in [-0.25, -0.2) is 9.59 Å². The van der Waals surface area contributed by atoms with E-state index in [9.17, 15) is 14.7 Å². The fourth-order valence-electron chi connectivity index (χ4n) is 1.15. The Labute approximate surface area is 124 Å². The molecule has 0 unspecified atom stereocenters.